The fourth-order valence-electron chi connectivity index (χ4n) is 4.75. The molecule has 2 aromatic rings. The number of methoxy groups -OCH3 is 1. The first-order valence-electron chi connectivity index (χ1n) is 12.3. The van der Waals surface area contributed by atoms with Crippen LogP contribution in [0.15, 0.2) is 22.7 Å². The van der Waals surface area contributed by atoms with Gasteiger partial charge in [0.15, 0.2) is 0 Å². The third-order valence-corrected chi connectivity index (χ3v) is 7.19. The zero-order chi connectivity index (χ0) is 23.0. The second-order valence-electron chi connectivity index (χ2n) is 8.98. The van der Waals surface area contributed by atoms with Gasteiger partial charge >= 0.3 is 0 Å². The molecule has 1 aliphatic heterocycles. The lowest BCUT2D eigenvalue weighted by Gasteiger charge is -2.24. The summed E-state index contributed by atoms with van der Waals surface area (Å²) in [5.74, 6) is 2.54. The van der Waals surface area contributed by atoms with Crippen molar-refractivity contribution in [1.29, 1.82) is 0 Å². The summed E-state index contributed by atoms with van der Waals surface area (Å²) in [6.07, 6.45) is 10.8. The lowest BCUT2D eigenvalue weighted by atomic mass is 10.0. The first-order valence-corrected chi connectivity index (χ1v) is 13.1. The van der Waals surface area contributed by atoms with E-state index >= 15 is 0 Å². The van der Waals surface area contributed by atoms with Gasteiger partial charge in [0.2, 0.25) is 17.8 Å². The summed E-state index contributed by atoms with van der Waals surface area (Å²) in [4.78, 5) is 14.2. The van der Waals surface area contributed by atoms with Crippen LogP contribution in [0.3, 0.4) is 0 Å². The van der Waals surface area contributed by atoms with Gasteiger partial charge in [0, 0.05) is 23.8 Å². The Labute approximate surface area is 205 Å². The molecular weight excluding hydrogens is 482 g/mol. The fraction of sp³-hybridized carbons (Fsp3) is 0.625. The highest BCUT2D eigenvalue weighted by Gasteiger charge is 2.24. The minimum Gasteiger partial charge on any atom is -0.496 e. The van der Waals surface area contributed by atoms with Gasteiger partial charge in [-0.2, -0.15) is 15.0 Å². The van der Waals surface area contributed by atoms with E-state index in [1.54, 1.807) is 7.11 Å². The number of aromatic nitrogens is 3. The molecule has 2 fully saturated rings. The Hall–Kier alpha value is -2.13. The van der Waals surface area contributed by atoms with E-state index in [2.05, 4.69) is 44.1 Å². The molecule has 8 nitrogen and oxygen atoms in total. The van der Waals surface area contributed by atoms with Crippen LogP contribution in [-0.4, -0.2) is 46.7 Å². The van der Waals surface area contributed by atoms with Gasteiger partial charge in [-0.15, -0.1) is 0 Å². The van der Waals surface area contributed by atoms with Crippen molar-refractivity contribution < 1.29 is 4.74 Å². The van der Waals surface area contributed by atoms with Crippen molar-refractivity contribution in [1.82, 2.24) is 20.3 Å². The van der Waals surface area contributed by atoms with Crippen LogP contribution in [-0.2, 0) is 0 Å². The Morgan fingerprint density at radius 1 is 1.03 bits per heavy atom. The monoisotopic (exact) mass is 517 g/mol. The number of anilines is 4. The van der Waals surface area contributed by atoms with Crippen molar-refractivity contribution in [2.75, 3.05) is 29.6 Å². The largest absolute Gasteiger partial charge is 0.496 e. The van der Waals surface area contributed by atoms with Gasteiger partial charge < -0.3 is 26.0 Å². The third kappa shape index (κ3) is 6.69. The van der Waals surface area contributed by atoms with Crippen molar-refractivity contribution in [3.63, 3.8) is 0 Å². The number of halogens is 1. The molecule has 2 atom stereocenters. The number of hydrogen-bond donors (Lipinski definition) is 4. The third-order valence-electron chi connectivity index (χ3n) is 6.57. The number of nitrogens with one attached hydrogen (secondary N) is 4. The Morgan fingerprint density at radius 3 is 2.45 bits per heavy atom. The van der Waals surface area contributed by atoms with E-state index < -0.39 is 0 Å². The SMILES string of the molecule is CCC(Nc1nc(Nc2ccc(OC)c(Br)c2)nc(NC2CCCCCC2)n1)C1CCCN1. The van der Waals surface area contributed by atoms with Crippen LogP contribution < -0.4 is 26.0 Å². The van der Waals surface area contributed by atoms with Crippen molar-refractivity contribution in [2.45, 2.75) is 82.8 Å². The van der Waals surface area contributed by atoms with Gasteiger partial charge in [-0.3, -0.25) is 0 Å². The van der Waals surface area contributed by atoms with Gasteiger partial charge in [0.05, 0.1) is 11.6 Å². The number of rotatable bonds is 9. The second-order valence-corrected chi connectivity index (χ2v) is 9.83. The molecule has 1 saturated heterocycles. The maximum Gasteiger partial charge on any atom is 0.233 e. The maximum atomic E-state index is 5.35. The quantitative estimate of drug-likeness (QED) is 0.325. The van der Waals surface area contributed by atoms with Crippen LogP contribution >= 0.6 is 15.9 Å². The van der Waals surface area contributed by atoms with Crippen LogP contribution in [0.2, 0.25) is 0 Å². The molecule has 2 heterocycles. The minimum absolute atomic E-state index is 0.281. The minimum atomic E-state index is 0.281. The number of hydrogen-bond acceptors (Lipinski definition) is 8. The lowest BCUT2D eigenvalue weighted by molar-refractivity contribution is 0.412. The first kappa shape index (κ1) is 24.0. The summed E-state index contributed by atoms with van der Waals surface area (Å²) in [5.41, 5.74) is 0.879. The first-order chi connectivity index (χ1) is 16.1. The highest BCUT2D eigenvalue weighted by atomic mass is 79.9. The molecule has 33 heavy (non-hydrogen) atoms. The van der Waals surface area contributed by atoms with E-state index in [-0.39, 0.29) is 6.04 Å². The number of nitrogens with zero attached hydrogens (tertiary/aromatic N) is 3. The van der Waals surface area contributed by atoms with Crippen molar-refractivity contribution in [3.8, 4) is 5.75 Å². The Bertz CT molecular complexity index is 898. The molecule has 0 spiro atoms. The number of benzene rings is 1. The molecule has 4 rings (SSSR count). The van der Waals surface area contributed by atoms with E-state index in [1.165, 1.54) is 38.5 Å². The van der Waals surface area contributed by atoms with Crippen LogP contribution in [0.1, 0.15) is 64.7 Å². The normalized spacial score (nSPS) is 20.2. The van der Waals surface area contributed by atoms with Crippen LogP contribution in [0.25, 0.3) is 0 Å². The summed E-state index contributed by atoms with van der Waals surface area (Å²) in [5, 5.41) is 14.1. The van der Waals surface area contributed by atoms with Gasteiger partial charge in [-0.25, -0.2) is 0 Å². The summed E-state index contributed by atoms with van der Waals surface area (Å²) in [7, 11) is 1.66. The second kappa shape index (κ2) is 11.8. The van der Waals surface area contributed by atoms with Gasteiger partial charge in [0.1, 0.15) is 5.75 Å². The van der Waals surface area contributed by atoms with E-state index in [0.29, 0.717) is 29.9 Å². The van der Waals surface area contributed by atoms with Crippen molar-refractivity contribution >= 4 is 39.5 Å². The predicted octanol–water partition coefficient (Wildman–Crippen LogP) is 5.46. The summed E-state index contributed by atoms with van der Waals surface area (Å²) in [6.45, 7) is 3.28. The molecule has 2 unspecified atom stereocenters. The van der Waals surface area contributed by atoms with Gasteiger partial charge in [-0.05, 0) is 72.8 Å². The Kier molecular flexibility index (Phi) is 8.61. The van der Waals surface area contributed by atoms with E-state index in [9.17, 15) is 0 Å². The van der Waals surface area contributed by atoms with E-state index in [4.69, 9.17) is 19.7 Å². The standard InChI is InChI=1S/C24H36BrN7O/c1-3-19(20-11-8-14-26-20)29-24-31-22(27-16-9-6-4-5-7-10-16)30-23(32-24)28-17-12-13-21(33-2)18(25)15-17/h12-13,15-16,19-20,26H,3-11,14H2,1-2H3,(H3,27,28,29,30,31,32). The highest BCUT2D eigenvalue weighted by molar-refractivity contribution is 9.10. The molecule has 1 saturated carbocycles. The molecule has 1 aromatic carbocycles. The molecule has 0 radical (unpaired) electrons. The van der Waals surface area contributed by atoms with Crippen LogP contribution in [0.5, 0.6) is 5.75 Å². The molecule has 0 amide bonds. The Balaban J connectivity index is 1.56. The smallest absolute Gasteiger partial charge is 0.233 e. The molecule has 4 N–H and O–H groups in total. The molecule has 0 bridgehead atoms. The van der Waals surface area contributed by atoms with Crippen LogP contribution in [0, 0.1) is 0 Å². The zero-order valence-electron chi connectivity index (χ0n) is 19.7. The molecule has 180 valence electrons. The average Bonchev–Trinajstić information content (AvgIpc) is 3.22. The molecule has 9 heteroatoms. The molecule has 2 aliphatic rings. The Morgan fingerprint density at radius 2 is 1.79 bits per heavy atom. The summed E-state index contributed by atoms with van der Waals surface area (Å²) < 4.78 is 6.22. The summed E-state index contributed by atoms with van der Waals surface area (Å²) in [6, 6.07) is 6.96. The number of ether oxygens (including phenoxy) is 1. The molecule has 1 aromatic heterocycles. The van der Waals surface area contributed by atoms with E-state index in [0.717, 1.165) is 41.7 Å². The van der Waals surface area contributed by atoms with Crippen molar-refractivity contribution in [2.24, 2.45) is 0 Å². The average molecular weight is 519 g/mol. The molecular formula is C24H36BrN7O. The maximum absolute atomic E-state index is 5.35. The lowest BCUT2D eigenvalue weighted by Crippen LogP contribution is -2.40. The van der Waals surface area contributed by atoms with E-state index in [1.807, 2.05) is 18.2 Å². The highest BCUT2D eigenvalue weighted by Crippen LogP contribution is 2.29. The zero-order valence-corrected chi connectivity index (χ0v) is 21.2. The van der Waals surface area contributed by atoms with Gasteiger partial charge in [0.25, 0.3) is 0 Å². The fourth-order valence-corrected chi connectivity index (χ4v) is 5.29. The summed E-state index contributed by atoms with van der Waals surface area (Å²) >= 11 is 3.55. The predicted molar refractivity (Wildman–Crippen MR) is 138 cm³/mol. The molecule has 1 aliphatic carbocycles. The van der Waals surface area contributed by atoms with Crippen molar-refractivity contribution in [3.05, 3.63) is 22.7 Å². The van der Waals surface area contributed by atoms with Gasteiger partial charge in [-0.1, -0.05) is 32.6 Å². The topological polar surface area (TPSA) is 96.0 Å². The van der Waals surface area contributed by atoms with Crippen LogP contribution in [0.4, 0.5) is 23.5 Å².